The molecule has 6 rings (SSSR count). The van der Waals surface area contributed by atoms with Crippen LogP contribution in [0.25, 0.3) is 10.8 Å². The van der Waals surface area contributed by atoms with Crippen molar-refractivity contribution in [1.29, 1.82) is 0 Å². The maximum Gasteiger partial charge on any atom is 0.246 e. The lowest BCUT2D eigenvalue weighted by molar-refractivity contribution is -0.142. The number of nitrogens with two attached hydrogens (primary N) is 1. The molecule has 12 heteroatoms. The summed E-state index contributed by atoms with van der Waals surface area (Å²) in [7, 11) is 0. The van der Waals surface area contributed by atoms with E-state index < -0.39 is 36.0 Å². The van der Waals surface area contributed by atoms with E-state index in [4.69, 9.17) is 10.5 Å². The van der Waals surface area contributed by atoms with Crippen LogP contribution in [0.4, 0.5) is 0 Å². The maximum absolute atomic E-state index is 14.6. The summed E-state index contributed by atoms with van der Waals surface area (Å²) in [4.78, 5) is 64.5. The van der Waals surface area contributed by atoms with Crippen LogP contribution in [0.1, 0.15) is 35.2 Å². The molecule has 0 saturated carbocycles. The first-order chi connectivity index (χ1) is 26.4. The quantitative estimate of drug-likeness (QED) is 0.0915. The summed E-state index contributed by atoms with van der Waals surface area (Å²) in [6.45, 7) is 1.29. The van der Waals surface area contributed by atoms with Crippen LogP contribution >= 0.6 is 0 Å². The topological polar surface area (TPSA) is 172 Å². The van der Waals surface area contributed by atoms with E-state index in [-0.39, 0.29) is 37.6 Å². The molecule has 1 aliphatic heterocycles. The summed E-state index contributed by atoms with van der Waals surface area (Å²) in [5, 5.41) is 10.9. The standard InChI is InChI=1S/C42H47N7O5/c43-18-9-19-45-41(52)38-24-35(54-27-30-12-5-2-6-13-30)26-49(38)42(53)37(21-29-10-3-1-4-11-29)48-40(51)36(23-34-25-44-28-46-34)47-39(50)22-31-16-17-32-14-7-8-15-33(32)20-31/h1-8,10-17,20,25,28,35-38H,9,18-19,21-24,26-27,43H2,(H,44,46)(H,45,52)(H,47,50)(H,48,51)/t35-,36-,37+,38?/m0/s1. The average molecular weight is 730 g/mol. The highest BCUT2D eigenvalue weighted by Gasteiger charge is 2.43. The molecule has 4 aromatic carbocycles. The van der Waals surface area contributed by atoms with E-state index in [9.17, 15) is 19.2 Å². The molecule has 5 aromatic rings. The first kappa shape index (κ1) is 37.9. The molecule has 280 valence electrons. The minimum atomic E-state index is -1.05. The third-order valence-corrected chi connectivity index (χ3v) is 9.56. The first-order valence-corrected chi connectivity index (χ1v) is 18.4. The number of aromatic nitrogens is 2. The summed E-state index contributed by atoms with van der Waals surface area (Å²) < 4.78 is 6.23. The summed E-state index contributed by atoms with van der Waals surface area (Å²) in [5.74, 6) is -1.60. The first-order valence-electron chi connectivity index (χ1n) is 18.4. The highest BCUT2D eigenvalue weighted by Crippen LogP contribution is 2.24. The summed E-state index contributed by atoms with van der Waals surface area (Å²) in [6, 6.07) is 29.9. The Morgan fingerprint density at radius 2 is 1.56 bits per heavy atom. The van der Waals surface area contributed by atoms with E-state index in [1.165, 1.54) is 11.2 Å². The van der Waals surface area contributed by atoms with Crippen LogP contribution in [0.5, 0.6) is 0 Å². The Kier molecular flexibility index (Phi) is 13.2. The molecule has 4 amide bonds. The highest BCUT2D eigenvalue weighted by atomic mass is 16.5. The number of carbonyl (C=O) groups excluding carboxylic acids is 4. The van der Waals surface area contributed by atoms with Crippen molar-refractivity contribution in [3.05, 3.63) is 138 Å². The number of amides is 4. The third kappa shape index (κ3) is 10.4. The predicted molar refractivity (Wildman–Crippen MR) is 206 cm³/mol. The molecule has 1 aromatic heterocycles. The van der Waals surface area contributed by atoms with Crippen LogP contribution in [0.2, 0.25) is 0 Å². The summed E-state index contributed by atoms with van der Waals surface area (Å²) in [6.07, 6.45) is 3.93. The number of hydrogen-bond donors (Lipinski definition) is 5. The molecule has 54 heavy (non-hydrogen) atoms. The lowest BCUT2D eigenvalue weighted by Gasteiger charge is -2.30. The zero-order valence-corrected chi connectivity index (χ0v) is 30.2. The van der Waals surface area contributed by atoms with Gasteiger partial charge in [-0.3, -0.25) is 19.2 Å². The van der Waals surface area contributed by atoms with E-state index in [0.29, 0.717) is 38.2 Å². The Hall–Kier alpha value is -5.85. The van der Waals surface area contributed by atoms with Crippen LogP contribution in [0, 0.1) is 0 Å². The van der Waals surface area contributed by atoms with Gasteiger partial charge in [-0.25, -0.2) is 4.98 Å². The lowest BCUT2D eigenvalue weighted by atomic mass is 10.0. The van der Waals surface area contributed by atoms with Crippen molar-refractivity contribution in [3.63, 3.8) is 0 Å². The number of ether oxygens (including phenoxy) is 1. The minimum absolute atomic E-state index is 0.0586. The monoisotopic (exact) mass is 729 g/mol. The van der Waals surface area contributed by atoms with Crippen LogP contribution in [0.3, 0.4) is 0 Å². The Bertz CT molecular complexity index is 1990. The number of hydrogen-bond acceptors (Lipinski definition) is 7. The molecule has 1 saturated heterocycles. The minimum Gasteiger partial charge on any atom is -0.372 e. The smallest absolute Gasteiger partial charge is 0.246 e. The molecule has 0 radical (unpaired) electrons. The number of fused-ring (bicyclic) bond motifs is 1. The number of rotatable bonds is 17. The van der Waals surface area contributed by atoms with Crippen molar-refractivity contribution in [1.82, 2.24) is 30.8 Å². The molecule has 1 unspecified atom stereocenters. The van der Waals surface area contributed by atoms with Gasteiger partial charge in [-0.15, -0.1) is 0 Å². The molecular formula is C42H47N7O5. The van der Waals surface area contributed by atoms with Gasteiger partial charge in [0.2, 0.25) is 23.6 Å². The number of likely N-dealkylation sites (tertiary alicyclic amines) is 1. The molecular weight excluding hydrogens is 683 g/mol. The maximum atomic E-state index is 14.6. The van der Waals surface area contributed by atoms with Gasteiger partial charge in [0, 0.05) is 44.2 Å². The van der Waals surface area contributed by atoms with Gasteiger partial charge in [0.15, 0.2) is 0 Å². The van der Waals surface area contributed by atoms with Crippen LogP contribution in [-0.4, -0.2) is 82.4 Å². The van der Waals surface area contributed by atoms with Crippen molar-refractivity contribution >= 4 is 34.4 Å². The van der Waals surface area contributed by atoms with Gasteiger partial charge in [-0.05, 0) is 40.4 Å². The summed E-state index contributed by atoms with van der Waals surface area (Å²) >= 11 is 0. The number of aromatic amines is 1. The number of imidazole rings is 1. The number of carbonyl (C=O) groups is 4. The van der Waals surface area contributed by atoms with Crippen molar-refractivity contribution in [2.45, 2.75) is 62.9 Å². The fourth-order valence-electron chi connectivity index (χ4n) is 6.76. The lowest BCUT2D eigenvalue weighted by Crippen LogP contribution is -2.57. The molecule has 0 aliphatic carbocycles. The van der Waals surface area contributed by atoms with E-state index in [1.54, 1.807) is 6.20 Å². The molecule has 12 nitrogen and oxygen atoms in total. The van der Waals surface area contributed by atoms with E-state index >= 15 is 0 Å². The van der Waals surface area contributed by atoms with Crippen molar-refractivity contribution in [3.8, 4) is 0 Å². The fraction of sp³-hybridized carbons (Fsp3) is 0.310. The number of H-pyrrole nitrogens is 1. The predicted octanol–water partition coefficient (Wildman–Crippen LogP) is 3.21. The number of nitrogens with one attached hydrogen (secondary N) is 4. The Morgan fingerprint density at radius 3 is 2.28 bits per heavy atom. The normalized spacial score (nSPS) is 16.4. The highest BCUT2D eigenvalue weighted by molar-refractivity contribution is 5.95. The van der Waals surface area contributed by atoms with Gasteiger partial charge in [-0.2, -0.15) is 0 Å². The molecule has 1 aliphatic rings. The van der Waals surface area contributed by atoms with Crippen LogP contribution in [-0.2, 0) is 49.8 Å². The second kappa shape index (κ2) is 18.8. The Labute approximate surface area is 314 Å². The number of benzene rings is 4. The Morgan fingerprint density at radius 1 is 0.833 bits per heavy atom. The van der Waals surface area contributed by atoms with Crippen LogP contribution in [0.15, 0.2) is 116 Å². The van der Waals surface area contributed by atoms with E-state index in [0.717, 1.165) is 27.5 Å². The second-order valence-corrected chi connectivity index (χ2v) is 13.6. The average Bonchev–Trinajstić information content (AvgIpc) is 3.88. The summed E-state index contributed by atoms with van der Waals surface area (Å²) in [5.41, 5.74) is 8.91. The molecule has 6 N–H and O–H groups in total. The van der Waals surface area contributed by atoms with Gasteiger partial charge in [0.1, 0.15) is 18.1 Å². The molecule has 2 heterocycles. The molecule has 4 atom stereocenters. The fourth-order valence-corrected chi connectivity index (χ4v) is 6.76. The number of nitrogens with zero attached hydrogens (tertiary/aromatic N) is 2. The SMILES string of the molecule is NCCCNC(=O)C1C[C@H](OCc2ccccc2)CN1C(=O)[C@@H](Cc1ccccc1)NC(=O)[C@H](Cc1cnc[nH]1)NC(=O)Cc1ccc2ccccc2c1. The zero-order valence-electron chi connectivity index (χ0n) is 30.2. The van der Waals surface area contributed by atoms with E-state index in [2.05, 4.69) is 25.9 Å². The van der Waals surface area contributed by atoms with Gasteiger partial charge in [0.05, 0.1) is 25.5 Å². The molecule has 0 bridgehead atoms. The van der Waals surface area contributed by atoms with Gasteiger partial charge in [-0.1, -0.05) is 103 Å². The molecule has 0 spiro atoms. The van der Waals surface area contributed by atoms with Crippen LogP contribution < -0.4 is 21.7 Å². The third-order valence-electron chi connectivity index (χ3n) is 9.56. The molecule has 1 fully saturated rings. The van der Waals surface area contributed by atoms with Gasteiger partial charge < -0.3 is 36.3 Å². The van der Waals surface area contributed by atoms with Gasteiger partial charge in [0.25, 0.3) is 0 Å². The van der Waals surface area contributed by atoms with Crippen molar-refractivity contribution in [2.75, 3.05) is 19.6 Å². The van der Waals surface area contributed by atoms with Crippen molar-refractivity contribution < 1.29 is 23.9 Å². The van der Waals surface area contributed by atoms with Crippen molar-refractivity contribution in [2.24, 2.45) is 5.73 Å². The van der Waals surface area contributed by atoms with Gasteiger partial charge >= 0.3 is 0 Å². The van der Waals surface area contributed by atoms with E-state index in [1.807, 2.05) is 103 Å². The zero-order chi connectivity index (χ0) is 37.7. The largest absolute Gasteiger partial charge is 0.372 e. The second-order valence-electron chi connectivity index (χ2n) is 13.6. The Balaban J connectivity index is 1.22.